The lowest BCUT2D eigenvalue weighted by Crippen LogP contribution is -2.35. The molecule has 4 heterocycles. The zero-order chi connectivity index (χ0) is 20.5. The summed E-state index contributed by atoms with van der Waals surface area (Å²) >= 11 is 7.41. The molecule has 4 aromatic rings. The molecule has 5 rings (SSSR count). The predicted molar refractivity (Wildman–Crippen MR) is 117 cm³/mol. The van der Waals surface area contributed by atoms with Gasteiger partial charge in [0.15, 0.2) is 5.82 Å². The fourth-order valence-electron chi connectivity index (χ4n) is 3.73. The van der Waals surface area contributed by atoms with E-state index in [9.17, 15) is 4.39 Å². The fourth-order valence-corrected chi connectivity index (χ4v) is 5.04. The van der Waals surface area contributed by atoms with Crippen molar-refractivity contribution in [3.63, 3.8) is 0 Å². The van der Waals surface area contributed by atoms with Gasteiger partial charge >= 0.3 is 0 Å². The van der Waals surface area contributed by atoms with Crippen LogP contribution in [0.4, 0.5) is 4.39 Å². The molecule has 0 atom stereocenters. The summed E-state index contributed by atoms with van der Waals surface area (Å²) in [6.07, 6.45) is 4.86. The molecule has 0 bridgehead atoms. The maximum absolute atomic E-state index is 14.3. The van der Waals surface area contributed by atoms with Crippen molar-refractivity contribution in [2.75, 3.05) is 26.3 Å². The van der Waals surface area contributed by atoms with E-state index < -0.39 is 5.82 Å². The van der Waals surface area contributed by atoms with Gasteiger partial charge < -0.3 is 4.74 Å². The summed E-state index contributed by atoms with van der Waals surface area (Å²) in [7, 11) is 0. The minimum absolute atomic E-state index is 0.0333. The van der Waals surface area contributed by atoms with Crippen LogP contribution in [0.5, 0.6) is 0 Å². The summed E-state index contributed by atoms with van der Waals surface area (Å²) in [5.74, 6) is -0.482. The molecule has 152 valence electrons. The van der Waals surface area contributed by atoms with E-state index in [-0.39, 0.29) is 11.0 Å². The van der Waals surface area contributed by atoms with Crippen LogP contribution >= 0.6 is 22.9 Å². The number of aromatic nitrogens is 3. The van der Waals surface area contributed by atoms with Crippen LogP contribution < -0.4 is 0 Å². The zero-order valence-corrected chi connectivity index (χ0v) is 17.6. The van der Waals surface area contributed by atoms with Crippen LogP contribution in [0, 0.1) is 5.82 Å². The van der Waals surface area contributed by atoms with Crippen molar-refractivity contribution in [1.82, 2.24) is 19.9 Å². The normalized spacial score (nSPS) is 15.0. The molecule has 0 spiro atoms. The Kier molecular flexibility index (Phi) is 5.43. The number of nitrogens with zero attached hydrogens (tertiary/aromatic N) is 4. The van der Waals surface area contributed by atoms with E-state index in [1.54, 1.807) is 0 Å². The Morgan fingerprint density at radius 1 is 1.13 bits per heavy atom. The number of hydrogen-bond acceptors (Lipinski definition) is 6. The summed E-state index contributed by atoms with van der Waals surface area (Å²) in [4.78, 5) is 15.3. The number of halogens is 2. The molecule has 0 amide bonds. The maximum atomic E-state index is 14.3. The Bertz CT molecular complexity index is 1210. The van der Waals surface area contributed by atoms with Crippen LogP contribution in [-0.4, -0.2) is 46.2 Å². The molecule has 30 heavy (non-hydrogen) atoms. The summed E-state index contributed by atoms with van der Waals surface area (Å²) in [5.41, 5.74) is 3.63. The van der Waals surface area contributed by atoms with Crippen molar-refractivity contribution in [2.45, 2.75) is 6.54 Å². The highest BCUT2D eigenvalue weighted by Crippen LogP contribution is 2.40. The van der Waals surface area contributed by atoms with Crippen LogP contribution in [-0.2, 0) is 11.3 Å². The van der Waals surface area contributed by atoms with Gasteiger partial charge in [-0.1, -0.05) is 18.2 Å². The molecule has 8 heteroatoms. The smallest absolute Gasteiger partial charge is 0.223 e. The highest BCUT2D eigenvalue weighted by atomic mass is 35.5. The van der Waals surface area contributed by atoms with Gasteiger partial charge in [-0.3, -0.25) is 9.88 Å². The Morgan fingerprint density at radius 2 is 2.00 bits per heavy atom. The molecule has 1 fully saturated rings. The van der Waals surface area contributed by atoms with Gasteiger partial charge in [0.1, 0.15) is 5.69 Å². The minimum Gasteiger partial charge on any atom is -0.379 e. The lowest BCUT2D eigenvalue weighted by atomic mass is 10.00. The van der Waals surface area contributed by atoms with E-state index in [0.29, 0.717) is 0 Å². The number of rotatable bonds is 4. The van der Waals surface area contributed by atoms with Gasteiger partial charge in [0.05, 0.1) is 24.3 Å². The molecular weight excluding hydrogens is 423 g/mol. The van der Waals surface area contributed by atoms with Crippen LogP contribution in [0.15, 0.2) is 48.9 Å². The van der Waals surface area contributed by atoms with E-state index in [4.69, 9.17) is 16.3 Å². The van der Waals surface area contributed by atoms with Crippen LogP contribution in [0.2, 0.25) is 5.28 Å². The quantitative estimate of drug-likeness (QED) is 0.416. The Hall–Kier alpha value is -2.45. The van der Waals surface area contributed by atoms with Gasteiger partial charge in [0.25, 0.3) is 0 Å². The van der Waals surface area contributed by atoms with Crippen molar-refractivity contribution in [3.8, 4) is 21.7 Å². The third kappa shape index (κ3) is 3.81. The van der Waals surface area contributed by atoms with Gasteiger partial charge in [0, 0.05) is 36.7 Å². The first-order valence-electron chi connectivity index (χ1n) is 9.63. The van der Waals surface area contributed by atoms with Gasteiger partial charge in [-0.15, -0.1) is 11.3 Å². The minimum atomic E-state index is -0.482. The second-order valence-corrected chi connectivity index (χ2v) is 8.48. The van der Waals surface area contributed by atoms with Crippen LogP contribution in [0.3, 0.4) is 0 Å². The highest BCUT2D eigenvalue weighted by molar-refractivity contribution is 7.22. The molecule has 0 N–H and O–H groups in total. The molecule has 5 nitrogen and oxygen atoms in total. The largest absolute Gasteiger partial charge is 0.379 e. The number of fused-ring (bicyclic) bond motifs is 1. The van der Waals surface area contributed by atoms with Crippen molar-refractivity contribution >= 4 is 33.0 Å². The summed E-state index contributed by atoms with van der Waals surface area (Å²) in [6.45, 7) is 4.15. The molecule has 3 aromatic heterocycles. The fraction of sp³-hybridized carbons (Fsp3) is 0.227. The lowest BCUT2D eigenvalue weighted by Gasteiger charge is -2.27. The summed E-state index contributed by atoms with van der Waals surface area (Å²) in [6, 6.07) is 10.2. The monoisotopic (exact) mass is 440 g/mol. The third-order valence-electron chi connectivity index (χ3n) is 5.18. The average molecular weight is 441 g/mol. The molecule has 1 aromatic carbocycles. The first kappa shape index (κ1) is 19.5. The first-order valence-corrected chi connectivity index (χ1v) is 10.8. The highest BCUT2D eigenvalue weighted by Gasteiger charge is 2.18. The Morgan fingerprint density at radius 3 is 2.87 bits per heavy atom. The van der Waals surface area contributed by atoms with E-state index in [2.05, 4.69) is 25.9 Å². The number of ether oxygens (including phenoxy) is 1. The molecule has 0 radical (unpaired) electrons. The van der Waals surface area contributed by atoms with Gasteiger partial charge in [-0.05, 0) is 45.8 Å². The SMILES string of the molecule is Fc1cnc(Cl)nc1-c1cc2cccc(-c3ccncc3CN3CCOCC3)c2s1. The Labute approximate surface area is 182 Å². The number of morpholine rings is 1. The van der Waals surface area contributed by atoms with Crippen molar-refractivity contribution < 1.29 is 9.13 Å². The van der Waals surface area contributed by atoms with Crippen molar-refractivity contribution in [1.29, 1.82) is 0 Å². The third-order valence-corrected chi connectivity index (χ3v) is 6.56. The van der Waals surface area contributed by atoms with Crippen LogP contribution in [0.1, 0.15) is 5.56 Å². The topological polar surface area (TPSA) is 51.1 Å². The molecule has 0 aliphatic carbocycles. The van der Waals surface area contributed by atoms with Crippen LogP contribution in [0.25, 0.3) is 31.8 Å². The molecular formula is C22H18ClFN4OS. The predicted octanol–water partition coefficient (Wildman–Crippen LogP) is 5.05. The number of benzene rings is 1. The zero-order valence-electron chi connectivity index (χ0n) is 16.0. The molecule has 1 saturated heterocycles. The average Bonchev–Trinajstić information content (AvgIpc) is 3.21. The lowest BCUT2D eigenvalue weighted by molar-refractivity contribution is 0.0342. The van der Waals surface area contributed by atoms with E-state index in [0.717, 1.165) is 70.7 Å². The maximum Gasteiger partial charge on any atom is 0.223 e. The van der Waals surface area contributed by atoms with Gasteiger partial charge in [0.2, 0.25) is 5.28 Å². The van der Waals surface area contributed by atoms with E-state index >= 15 is 0 Å². The number of thiophene rings is 1. The Balaban J connectivity index is 1.59. The molecule has 1 aliphatic rings. The molecule has 0 unspecified atom stereocenters. The second kappa shape index (κ2) is 8.35. The van der Waals surface area contributed by atoms with Crippen molar-refractivity contribution in [2.24, 2.45) is 0 Å². The van der Waals surface area contributed by atoms with Gasteiger partial charge in [-0.2, -0.15) is 0 Å². The summed E-state index contributed by atoms with van der Waals surface area (Å²) < 4.78 is 20.9. The second-order valence-electron chi connectivity index (χ2n) is 7.09. The van der Waals surface area contributed by atoms with Gasteiger partial charge in [-0.25, -0.2) is 14.4 Å². The number of pyridine rings is 1. The van der Waals surface area contributed by atoms with Crippen molar-refractivity contribution in [3.05, 3.63) is 65.6 Å². The standard InChI is InChI=1S/C22H18ClFN4OS/c23-22-26-12-18(24)20(27-22)19-10-14-2-1-3-17(21(14)30-19)16-4-5-25-11-15(16)13-28-6-8-29-9-7-28/h1-5,10-12H,6-9,13H2. The summed E-state index contributed by atoms with van der Waals surface area (Å²) in [5, 5.41) is 1.07. The molecule has 1 aliphatic heterocycles. The first-order chi connectivity index (χ1) is 14.7. The van der Waals surface area contributed by atoms with E-state index in [1.807, 2.05) is 36.7 Å². The number of hydrogen-bond donors (Lipinski definition) is 0. The van der Waals surface area contributed by atoms with E-state index in [1.165, 1.54) is 11.3 Å². The molecule has 0 saturated carbocycles.